The Balaban J connectivity index is 1.23. The Labute approximate surface area is 257 Å². The van der Waals surface area contributed by atoms with Crippen molar-refractivity contribution < 1.29 is 10.2 Å². The summed E-state index contributed by atoms with van der Waals surface area (Å²) in [4.78, 5) is 0. The molecule has 0 spiro atoms. The van der Waals surface area contributed by atoms with Gasteiger partial charge in [0.05, 0.1) is 10.0 Å². The van der Waals surface area contributed by atoms with Gasteiger partial charge in [-0.2, -0.15) is 23.5 Å². The first kappa shape index (κ1) is 34.2. The second-order valence-corrected chi connectivity index (χ2v) is 15.4. The maximum Gasteiger partial charge on any atom is 0.134 e. The van der Waals surface area contributed by atoms with Gasteiger partial charge in [-0.05, 0) is 110 Å². The van der Waals surface area contributed by atoms with Crippen LogP contribution in [-0.4, -0.2) is 44.7 Å². The highest BCUT2D eigenvalue weighted by Crippen LogP contribution is 2.26. The average molecular weight is 636 g/mol. The molecule has 2 rings (SSSR count). The van der Waals surface area contributed by atoms with Gasteiger partial charge in [0.15, 0.2) is 0 Å². The zero-order valence-corrected chi connectivity index (χ0v) is 27.3. The molecule has 0 aliphatic carbocycles. The van der Waals surface area contributed by atoms with E-state index in [2.05, 4.69) is 45.1 Å². The first-order valence-electron chi connectivity index (χ1n) is 13.9. The van der Waals surface area contributed by atoms with Crippen LogP contribution in [0.15, 0.2) is 36.4 Å². The number of benzene rings is 2. The predicted molar refractivity (Wildman–Crippen MR) is 179 cm³/mol. The summed E-state index contributed by atoms with van der Waals surface area (Å²) in [7, 11) is 4.13. The van der Waals surface area contributed by atoms with Crippen LogP contribution < -0.4 is 0 Å². The molecule has 0 aliphatic rings. The van der Waals surface area contributed by atoms with Crippen molar-refractivity contribution >= 4 is 68.3 Å². The first-order valence-corrected chi connectivity index (χ1v) is 19.5. The van der Waals surface area contributed by atoms with Gasteiger partial charge in [0, 0.05) is 11.5 Å². The molecular weight excluding hydrogens is 592 g/mol. The molecule has 0 radical (unpaired) electrons. The van der Waals surface area contributed by atoms with E-state index in [1.807, 2.05) is 24.3 Å². The van der Waals surface area contributed by atoms with Crippen LogP contribution in [0.1, 0.15) is 75.3 Å². The van der Waals surface area contributed by atoms with Crippen LogP contribution in [0.5, 0.6) is 11.5 Å². The minimum absolute atomic E-state index is 0.168. The van der Waals surface area contributed by atoms with Gasteiger partial charge in [0.25, 0.3) is 0 Å². The number of phenols is 2. The molecule has 0 bridgehead atoms. The summed E-state index contributed by atoms with van der Waals surface area (Å²) in [6.45, 7) is 0. The largest absolute Gasteiger partial charge is 0.506 e. The molecule has 0 fully saturated rings. The molecule has 0 aliphatic heterocycles. The lowest BCUT2D eigenvalue weighted by molar-refractivity contribution is 0.475. The van der Waals surface area contributed by atoms with Gasteiger partial charge in [-0.1, -0.05) is 82.6 Å². The van der Waals surface area contributed by atoms with Crippen LogP contribution in [0.25, 0.3) is 0 Å². The summed E-state index contributed by atoms with van der Waals surface area (Å²) in [5.74, 6) is 7.85. The third-order valence-corrected chi connectivity index (χ3v) is 11.6. The molecule has 0 heterocycles. The van der Waals surface area contributed by atoms with Gasteiger partial charge < -0.3 is 10.2 Å². The van der Waals surface area contributed by atoms with Crippen LogP contribution in [0.3, 0.4) is 0 Å². The molecule has 8 heteroatoms. The summed E-state index contributed by atoms with van der Waals surface area (Å²) >= 11 is 16.1. The minimum atomic E-state index is 0.168. The van der Waals surface area contributed by atoms with E-state index in [0.29, 0.717) is 10.0 Å². The first-order chi connectivity index (χ1) is 18.6. The van der Waals surface area contributed by atoms with Crippen LogP contribution in [-0.2, 0) is 12.8 Å². The van der Waals surface area contributed by atoms with E-state index in [-0.39, 0.29) is 11.5 Å². The number of thioether (sulfide) groups is 2. The number of unbranched alkanes of at least 4 members (excludes halogenated alkanes) is 6. The lowest BCUT2D eigenvalue weighted by Crippen LogP contribution is -1.90. The molecule has 2 aromatic rings. The van der Waals surface area contributed by atoms with E-state index in [9.17, 15) is 10.2 Å². The average Bonchev–Trinajstić information content (AvgIpc) is 2.91. The Morgan fingerprint density at radius 1 is 0.474 bits per heavy atom. The fourth-order valence-electron chi connectivity index (χ4n) is 3.93. The number of hydrogen-bond donors (Lipinski definition) is 2. The monoisotopic (exact) mass is 634 g/mol. The SMILES string of the molecule is Oc1ccc(CCCSCCCCCCSSCCCCCCSCCCc2ccc(O)c(Cl)c2)cc1Cl. The summed E-state index contributed by atoms with van der Waals surface area (Å²) in [5.41, 5.74) is 2.42. The molecule has 0 aromatic heterocycles. The highest BCUT2D eigenvalue weighted by Gasteiger charge is 2.02. The van der Waals surface area contributed by atoms with Crippen LogP contribution in [0.4, 0.5) is 0 Å². The summed E-state index contributed by atoms with van der Waals surface area (Å²) in [5, 5.41) is 19.9. The zero-order valence-electron chi connectivity index (χ0n) is 22.5. The fraction of sp³-hybridized carbons (Fsp3) is 0.600. The Kier molecular flexibility index (Phi) is 20.4. The molecule has 2 N–H and O–H groups in total. The summed E-state index contributed by atoms with van der Waals surface area (Å²) in [6.07, 6.45) is 15.2. The van der Waals surface area contributed by atoms with Crippen molar-refractivity contribution in [2.75, 3.05) is 34.5 Å². The number of hydrogen-bond acceptors (Lipinski definition) is 6. The molecular formula is C30H44Cl2O2S4. The Morgan fingerprint density at radius 2 is 0.842 bits per heavy atom. The molecule has 2 nitrogen and oxygen atoms in total. The van der Waals surface area contributed by atoms with Crippen molar-refractivity contribution in [3.05, 3.63) is 57.6 Å². The quantitative estimate of drug-likeness (QED) is 0.0935. The Bertz CT molecular complexity index is 814. The number of aryl methyl sites for hydroxylation is 2. The third-order valence-electron chi connectivity index (χ3n) is 6.15. The van der Waals surface area contributed by atoms with Gasteiger partial charge in [0.2, 0.25) is 0 Å². The van der Waals surface area contributed by atoms with E-state index in [4.69, 9.17) is 23.2 Å². The molecule has 0 saturated carbocycles. The van der Waals surface area contributed by atoms with E-state index in [1.165, 1.54) is 97.0 Å². The van der Waals surface area contributed by atoms with Crippen molar-refractivity contribution in [2.24, 2.45) is 0 Å². The molecule has 0 unspecified atom stereocenters. The van der Waals surface area contributed by atoms with Gasteiger partial charge in [-0.25, -0.2) is 0 Å². The fourth-order valence-corrected chi connectivity index (χ4v) is 8.55. The van der Waals surface area contributed by atoms with Crippen LogP contribution in [0.2, 0.25) is 10.0 Å². The minimum Gasteiger partial charge on any atom is -0.506 e. The van der Waals surface area contributed by atoms with Gasteiger partial charge in [-0.3, -0.25) is 0 Å². The molecule has 214 valence electrons. The van der Waals surface area contributed by atoms with Gasteiger partial charge >= 0.3 is 0 Å². The smallest absolute Gasteiger partial charge is 0.134 e. The van der Waals surface area contributed by atoms with E-state index < -0.39 is 0 Å². The zero-order chi connectivity index (χ0) is 27.3. The van der Waals surface area contributed by atoms with Crippen molar-refractivity contribution in [2.45, 2.75) is 77.0 Å². The van der Waals surface area contributed by atoms with Crippen molar-refractivity contribution in [3.63, 3.8) is 0 Å². The van der Waals surface area contributed by atoms with E-state index in [0.717, 1.165) is 25.7 Å². The number of rotatable bonds is 23. The number of phenolic OH excluding ortho intramolecular Hbond substituents is 2. The Morgan fingerprint density at radius 3 is 1.24 bits per heavy atom. The molecule has 38 heavy (non-hydrogen) atoms. The van der Waals surface area contributed by atoms with Crippen molar-refractivity contribution in [1.29, 1.82) is 0 Å². The maximum atomic E-state index is 9.48. The van der Waals surface area contributed by atoms with Crippen LogP contribution >= 0.6 is 68.3 Å². The lowest BCUT2D eigenvalue weighted by atomic mass is 10.1. The second kappa shape index (κ2) is 22.7. The normalized spacial score (nSPS) is 11.3. The Hall–Kier alpha value is 0.0200. The van der Waals surface area contributed by atoms with Crippen molar-refractivity contribution in [1.82, 2.24) is 0 Å². The van der Waals surface area contributed by atoms with E-state index >= 15 is 0 Å². The standard InChI is InChI=1S/C30H44Cl2O2S4/c31-27-23-25(13-15-29(27)33)11-9-19-35-17-5-1-3-7-21-37-38-22-8-4-2-6-18-36-20-10-12-26-14-16-30(34)28(32)24-26/h13-16,23-24,33-34H,1-12,17-22H2. The molecule has 0 saturated heterocycles. The predicted octanol–water partition coefficient (Wildman–Crippen LogP) is 10.9. The third kappa shape index (κ3) is 17.0. The van der Waals surface area contributed by atoms with Crippen LogP contribution in [0, 0.1) is 0 Å². The number of aromatic hydroxyl groups is 2. The summed E-state index contributed by atoms with van der Waals surface area (Å²) < 4.78 is 0. The maximum absolute atomic E-state index is 9.48. The molecule has 0 amide bonds. The highest BCUT2D eigenvalue weighted by molar-refractivity contribution is 8.76. The van der Waals surface area contributed by atoms with Gasteiger partial charge in [0.1, 0.15) is 11.5 Å². The highest BCUT2D eigenvalue weighted by atomic mass is 35.5. The summed E-state index contributed by atoms with van der Waals surface area (Å²) in [6, 6.07) is 11.1. The van der Waals surface area contributed by atoms with Gasteiger partial charge in [-0.15, -0.1) is 0 Å². The number of halogens is 2. The lowest BCUT2D eigenvalue weighted by Gasteiger charge is -2.05. The topological polar surface area (TPSA) is 40.5 Å². The molecule has 2 aromatic carbocycles. The second-order valence-electron chi connectivity index (χ2n) is 9.48. The molecule has 0 atom stereocenters. The van der Waals surface area contributed by atoms with Crippen molar-refractivity contribution in [3.8, 4) is 11.5 Å². The van der Waals surface area contributed by atoms with E-state index in [1.54, 1.807) is 12.1 Å².